The van der Waals surface area contributed by atoms with Gasteiger partial charge in [-0.15, -0.1) is 0 Å². The van der Waals surface area contributed by atoms with Crippen LogP contribution in [0.3, 0.4) is 0 Å². The summed E-state index contributed by atoms with van der Waals surface area (Å²) in [6.45, 7) is 11.9. The number of cyclic esters (lactones) is 1. The van der Waals surface area contributed by atoms with Crippen molar-refractivity contribution >= 4 is 34.4 Å². The molecule has 10 heteroatoms. The Morgan fingerprint density at radius 2 is 1.90 bits per heavy atom. The number of hydrogen-bond acceptors (Lipinski definition) is 7. The number of ether oxygens (including phenoxy) is 2. The zero-order chi connectivity index (χ0) is 30.2. The van der Waals surface area contributed by atoms with Crippen molar-refractivity contribution in [2.24, 2.45) is 17.6 Å². The minimum absolute atomic E-state index is 0.0210. The molecule has 41 heavy (non-hydrogen) atoms. The molecule has 3 N–H and O–H groups in total. The second-order valence-electron chi connectivity index (χ2n) is 11.0. The third-order valence-electron chi connectivity index (χ3n) is 7.92. The summed E-state index contributed by atoms with van der Waals surface area (Å²) in [7, 11) is 0. The van der Waals surface area contributed by atoms with E-state index in [9.17, 15) is 23.9 Å². The molecule has 222 valence electrons. The van der Waals surface area contributed by atoms with Crippen LogP contribution in [-0.2, 0) is 43.2 Å². The lowest BCUT2D eigenvalue weighted by Crippen LogP contribution is -2.51. The standard InChI is InChI=1S/C22H19FN2O4.C7H15NO2.C2H6/c1-9-10-3-2-4-11-13-7-25-17(19(13)24-16(18(10)11)6-15(9)23)5-12-14(21(25)27)8-29-22(28)20(12)26;1-5(2)10-6(3)4-7(8)9;1-2/h5-6,12,14,20,26H,2-4,7-8H2,1H3;5-6H,4H2,1-3H3,(H2,8,9);1-2H3. The van der Waals surface area contributed by atoms with Crippen LogP contribution in [-0.4, -0.2) is 57.7 Å². The third-order valence-corrected chi connectivity index (χ3v) is 7.92. The quantitative estimate of drug-likeness (QED) is 0.537. The molecular formula is C31H40FN3O6. The van der Waals surface area contributed by atoms with E-state index in [2.05, 4.69) is 0 Å². The minimum Gasteiger partial charge on any atom is -0.463 e. The fraction of sp³-hybridized carbons (Fsp3) is 0.548. The molecule has 2 aromatic rings. The second kappa shape index (κ2) is 12.2. The molecule has 0 bridgehead atoms. The summed E-state index contributed by atoms with van der Waals surface area (Å²) in [5, 5.41) is 11.3. The molecule has 4 aliphatic rings. The van der Waals surface area contributed by atoms with Crippen molar-refractivity contribution < 1.29 is 33.4 Å². The lowest BCUT2D eigenvalue weighted by molar-refractivity contribution is -0.171. The molecule has 1 aliphatic carbocycles. The Morgan fingerprint density at radius 3 is 2.56 bits per heavy atom. The van der Waals surface area contributed by atoms with Gasteiger partial charge in [-0.25, -0.2) is 14.2 Å². The molecule has 1 aromatic carbocycles. The number of nitrogens with zero attached hydrogens (tertiary/aromatic N) is 2. The number of carbonyl (C=O) groups excluding carboxylic acids is 3. The number of carbonyl (C=O) groups is 3. The summed E-state index contributed by atoms with van der Waals surface area (Å²) >= 11 is 0. The maximum Gasteiger partial charge on any atom is 0.335 e. The molecule has 0 saturated carbocycles. The van der Waals surface area contributed by atoms with Crippen LogP contribution in [0.5, 0.6) is 0 Å². The Hall–Kier alpha value is -3.37. The maximum atomic E-state index is 14.5. The van der Waals surface area contributed by atoms with Gasteiger partial charge in [0.25, 0.3) is 0 Å². The van der Waals surface area contributed by atoms with Crippen molar-refractivity contribution in [3.8, 4) is 0 Å². The monoisotopic (exact) mass is 569 g/mol. The van der Waals surface area contributed by atoms with Crippen molar-refractivity contribution in [3.05, 3.63) is 45.9 Å². The molecule has 2 amide bonds. The van der Waals surface area contributed by atoms with Crippen LogP contribution in [0.25, 0.3) is 16.6 Å². The number of amides is 2. The van der Waals surface area contributed by atoms with Gasteiger partial charge in [-0.3, -0.25) is 9.59 Å². The number of aromatic nitrogens is 1. The minimum atomic E-state index is -1.36. The lowest BCUT2D eigenvalue weighted by atomic mass is 9.81. The van der Waals surface area contributed by atoms with E-state index in [1.54, 1.807) is 11.0 Å². The molecule has 3 aliphatic heterocycles. The number of aryl methyl sites for hydroxylation is 2. The van der Waals surface area contributed by atoms with Crippen LogP contribution in [0.1, 0.15) is 75.4 Å². The SMILES string of the molecule is CC.CC(C)OC(C)CC(N)=O.Cc1c(F)cc2nc3c(c4c2c1CCC4)CN1C(=O)C2COC(=O)C(O)C2C=C31. The predicted octanol–water partition coefficient (Wildman–Crippen LogP) is 3.72. The van der Waals surface area contributed by atoms with E-state index in [4.69, 9.17) is 20.2 Å². The van der Waals surface area contributed by atoms with E-state index in [1.807, 2.05) is 41.5 Å². The van der Waals surface area contributed by atoms with Gasteiger partial charge in [-0.1, -0.05) is 19.9 Å². The van der Waals surface area contributed by atoms with Crippen LogP contribution >= 0.6 is 0 Å². The number of fused-ring (bicyclic) bond motifs is 5. The largest absolute Gasteiger partial charge is 0.463 e. The number of aliphatic hydroxyl groups is 1. The van der Waals surface area contributed by atoms with Gasteiger partial charge in [0.05, 0.1) is 48.0 Å². The topological polar surface area (TPSA) is 132 Å². The first kappa shape index (κ1) is 30.6. The van der Waals surface area contributed by atoms with E-state index in [0.717, 1.165) is 41.3 Å². The number of primary amides is 1. The fourth-order valence-electron chi connectivity index (χ4n) is 6.21. The van der Waals surface area contributed by atoms with Crippen molar-refractivity contribution in [2.45, 2.75) is 92.1 Å². The van der Waals surface area contributed by atoms with E-state index in [0.29, 0.717) is 35.4 Å². The van der Waals surface area contributed by atoms with Crippen LogP contribution < -0.4 is 5.73 Å². The highest BCUT2D eigenvalue weighted by atomic mass is 19.1. The van der Waals surface area contributed by atoms with Gasteiger partial charge in [-0.05, 0) is 63.6 Å². The molecule has 1 fully saturated rings. The summed E-state index contributed by atoms with van der Waals surface area (Å²) in [6.07, 6.45) is 3.46. The Balaban J connectivity index is 0.000000277. The Labute approximate surface area is 239 Å². The first-order valence-electron chi connectivity index (χ1n) is 14.4. The molecule has 0 spiro atoms. The summed E-state index contributed by atoms with van der Waals surface area (Å²) in [4.78, 5) is 41.7. The predicted molar refractivity (Wildman–Crippen MR) is 152 cm³/mol. The van der Waals surface area contributed by atoms with E-state index in [1.165, 1.54) is 6.07 Å². The highest BCUT2D eigenvalue weighted by molar-refractivity contribution is 5.98. The molecular weight excluding hydrogens is 529 g/mol. The van der Waals surface area contributed by atoms with E-state index in [-0.39, 0.29) is 36.4 Å². The average Bonchev–Trinajstić information content (AvgIpc) is 3.29. The zero-order valence-electron chi connectivity index (χ0n) is 24.6. The Morgan fingerprint density at radius 1 is 1.22 bits per heavy atom. The zero-order valence-corrected chi connectivity index (χ0v) is 24.6. The van der Waals surface area contributed by atoms with Crippen molar-refractivity contribution in [2.75, 3.05) is 6.61 Å². The Kier molecular flexibility index (Phi) is 9.13. The van der Waals surface area contributed by atoms with Gasteiger partial charge in [0.1, 0.15) is 12.4 Å². The fourth-order valence-corrected chi connectivity index (χ4v) is 6.21. The van der Waals surface area contributed by atoms with Crippen LogP contribution in [0.2, 0.25) is 0 Å². The normalized spacial score (nSPS) is 22.8. The maximum absolute atomic E-state index is 14.5. The molecule has 1 aromatic heterocycles. The highest BCUT2D eigenvalue weighted by Crippen LogP contribution is 2.46. The van der Waals surface area contributed by atoms with Crippen molar-refractivity contribution in [3.63, 3.8) is 0 Å². The number of hydrogen-bond donors (Lipinski definition) is 2. The highest BCUT2D eigenvalue weighted by Gasteiger charge is 2.49. The van der Waals surface area contributed by atoms with Crippen LogP contribution in [0, 0.1) is 24.6 Å². The number of pyridine rings is 1. The number of aliphatic hydroxyl groups excluding tert-OH is 1. The number of nitrogens with two attached hydrogens (primary N) is 1. The molecule has 4 heterocycles. The van der Waals surface area contributed by atoms with E-state index < -0.39 is 23.9 Å². The van der Waals surface area contributed by atoms with E-state index >= 15 is 0 Å². The summed E-state index contributed by atoms with van der Waals surface area (Å²) in [6, 6.07) is 1.48. The lowest BCUT2D eigenvalue weighted by Gasteiger charge is -2.38. The Bertz CT molecular complexity index is 1400. The van der Waals surface area contributed by atoms with Gasteiger partial charge < -0.3 is 25.2 Å². The van der Waals surface area contributed by atoms with Gasteiger partial charge >= 0.3 is 5.97 Å². The number of esters is 1. The summed E-state index contributed by atoms with van der Waals surface area (Å²) in [5.74, 6) is -2.64. The first-order chi connectivity index (χ1) is 19.5. The molecule has 4 atom stereocenters. The van der Waals surface area contributed by atoms with Crippen LogP contribution in [0.15, 0.2) is 12.1 Å². The second-order valence-corrected chi connectivity index (χ2v) is 11.0. The molecule has 6 rings (SSSR count). The third kappa shape index (κ3) is 5.72. The van der Waals surface area contributed by atoms with Crippen molar-refractivity contribution in [1.29, 1.82) is 0 Å². The van der Waals surface area contributed by atoms with Gasteiger partial charge in [0.2, 0.25) is 11.8 Å². The molecule has 1 saturated heterocycles. The van der Waals surface area contributed by atoms with Gasteiger partial charge in [0, 0.05) is 22.9 Å². The van der Waals surface area contributed by atoms with Crippen molar-refractivity contribution in [1.82, 2.24) is 9.88 Å². The summed E-state index contributed by atoms with van der Waals surface area (Å²) in [5.41, 5.74) is 10.7. The number of benzene rings is 1. The van der Waals surface area contributed by atoms with Gasteiger partial charge in [-0.2, -0.15) is 0 Å². The van der Waals surface area contributed by atoms with Crippen LogP contribution in [0.4, 0.5) is 4.39 Å². The van der Waals surface area contributed by atoms with Gasteiger partial charge in [0.15, 0.2) is 6.10 Å². The number of rotatable bonds is 4. The molecule has 4 unspecified atom stereocenters. The average molecular weight is 570 g/mol. The first-order valence-corrected chi connectivity index (χ1v) is 14.4. The molecule has 9 nitrogen and oxygen atoms in total. The number of halogens is 1. The molecule has 0 radical (unpaired) electrons. The summed E-state index contributed by atoms with van der Waals surface area (Å²) < 4.78 is 24.8. The smallest absolute Gasteiger partial charge is 0.335 e.